The first kappa shape index (κ1) is 17.7. The molecule has 0 radical (unpaired) electrons. The monoisotopic (exact) mass is 296 g/mol. The Balaban J connectivity index is 1.91. The van der Waals surface area contributed by atoms with Gasteiger partial charge in [-0.15, -0.1) is 0 Å². The molecule has 0 aromatic carbocycles. The van der Waals surface area contributed by atoms with Crippen molar-refractivity contribution in [3.05, 3.63) is 21.9 Å². The summed E-state index contributed by atoms with van der Waals surface area (Å²) in [4.78, 5) is 0. The SMILES string of the molecule is CCCCCCCCCCCCC(O)c1cscc1C. The number of unbranched alkanes of at least 4 members (excludes halogenated alkanes) is 9. The number of aliphatic hydroxyl groups is 1. The highest BCUT2D eigenvalue weighted by molar-refractivity contribution is 7.08. The van der Waals surface area contributed by atoms with E-state index >= 15 is 0 Å². The lowest BCUT2D eigenvalue weighted by Crippen LogP contribution is -1.97. The first-order valence-electron chi connectivity index (χ1n) is 8.46. The van der Waals surface area contributed by atoms with Crippen LogP contribution in [0.5, 0.6) is 0 Å². The van der Waals surface area contributed by atoms with Gasteiger partial charge in [0, 0.05) is 0 Å². The molecular weight excluding hydrogens is 264 g/mol. The molecule has 1 heterocycles. The predicted molar refractivity (Wildman–Crippen MR) is 90.5 cm³/mol. The first-order chi connectivity index (χ1) is 9.75. The van der Waals surface area contributed by atoms with Crippen LogP contribution in [0.2, 0.25) is 0 Å². The first-order valence-corrected chi connectivity index (χ1v) is 9.40. The van der Waals surface area contributed by atoms with Gasteiger partial charge in [-0.3, -0.25) is 0 Å². The molecule has 0 bridgehead atoms. The Morgan fingerprint density at radius 3 is 1.95 bits per heavy atom. The molecule has 1 nitrogen and oxygen atoms in total. The van der Waals surface area contributed by atoms with Crippen LogP contribution in [0, 0.1) is 6.92 Å². The molecule has 0 amide bonds. The Hall–Kier alpha value is -0.340. The second-order valence-corrected chi connectivity index (χ2v) is 6.74. The van der Waals surface area contributed by atoms with E-state index in [-0.39, 0.29) is 6.10 Å². The zero-order chi connectivity index (χ0) is 14.6. The second kappa shape index (κ2) is 11.3. The Kier molecular flexibility index (Phi) is 10.0. The lowest BCUT2D eigenvalue weighted by molar-refractivity contribution is 0.163. The third-order valence-electron chi connectivity index (χ3n) is 4.09. The van der Waals surface area contributed by atoms with Gasteiger partial charge in [-0.05, 0) is 35.2 Å². The molecule has 2 heteroatoms. The number of aliphatic hydroxyl groups excluding tert-OH is 1. The van der Waals surface area contributed by atoms with E-state index in [0.717, 1.165) is 18.4 Å². The average molecular weight is 297 g/mol. The van der Waals surface area contributed by atoms with Crippen LogP contribution >= 0.6 is 11.3 Å². The third-order valence-corrected chi connectivity index (χ3v) is 4.96. The average Bonchev–Trinajstić information content (AvgIpc) is 2.87. The normalized spacial score (nSPS) is 12.8. The molecule has 20 heavy (non-hydrogen) atoms. The van der Waals surface area contributed by atoms with E-state index in [1.54, 1.807) is 11.3 Å². The van der Waals surface area contributed by atoms with Crippen molar-refractivity contribution in [2.45, 2.75) is 90.6 Å². The van der Waals surface area contributed by atoms with Crippen molar-refractivity contribution in [1.82, 2.24) is 0 Å². The number of rotatable bonds is 12. The van der Waals surface area contributed by atoms with E-state index in [1.165, 1.54) is 63.4 Å². The van der Waals surface area contributed by atoms with Crippen molar-refractivity contribution < 1.29 is 5.11 Å². The molecule has 0 aliphatic carbocycles. The van der Waals surface area contributed by atoms with Gasteiger partial charge in [0.25, 0.3) is 0 Å². The van der Waals surface area contributed by atoms with E-state index in [9.17, 15) is 5.11 Å². The van der Waals surface area contributed by atoms with Gasteiger partial charge in [-0.2, -0.15) is 11.3 Å². The summed E-state index contributed by atoms with van der Waals surface area (Å²) in [6.07, 6.45) is 14.2. The fourth-order valence-corrected chi connectivity index (χ4v) is 3.59. The van der Waals surface area contributed by atoms with Gasteiger partial charge >= 0.3 is 0 Å². The van der Waals surface area contributed by atoms with Crippen LogP contribution in [0.4, 0.5) is 0 Å². The van der Waals surface area contributed by atoms with Crippen LogP contribution in [-0.4, -0.2) is 5.11 Å². The van der Waals surface area contributed by atoms with Crippen molar-refractivity contribution in [3.8, 4) is 0 Å². The van der Waals surface area contributed by atoms with Gasteiger partial charge in [0.2, 0.25) is 0 Å². The van der Waals surface area contributed by atoms with Gasteiger partial charge in [0.1, 0.15) is 0 Å². The molecule has 0 aliphatic rings. The molecule has 1 N–H and O–H groups in total. The van der Waals surface area contributed by atoms with Crippen molar-refractivity contribution in [1.29, 1.82) is 0 Å². The molecule has 116 valence electrons. The van der Waals surface area contributed by atoms with Gasteiger partial charge in [-0.1, -0.05) is 71.1 Å². The minimum atomic E-state index is -0.240. The van der Waals surface area contributed by atoms with Crippen LogP contribution in [0.1, 0.15) is 94.8 Å². The summed E-state index contributed by atoms with van der Waals surface area (Å²) in [7, 11) is 0. The predicted octanol–water partition coefficient (Wildman–Crippen LogP) is 6.40. The zero-order valence-corrected chi connectivity index (χ0v) is 14.2. The fourth-order valence-electron chi connectivity index (χ4n) is 2.69. The maximum Gasteiger partial charge on any atom is 0.0800 e. The largest absolute Gasteiger partial charge is 0.388 e. The highest BCUT2D eigenvalue weighted by atomic mass is 32.1. The molecule has 1 atom stereocenters. The van der Waals surface area contributed by atoms with Crippen LogP contribution < -0.4 is 0 Å². The number of aryl methyl sites for hydroxylation is 1. The molecule has 1 aromatic rings. The van der Waals surface area contributed by atoms with Crippen LogP contribution in [0.15, 0.2) is 10.8 Å². The maximum absolute atomic E-state index is 10.1. The summed E-state index contributed by atoms with van der Waals surface area (Å²) < 4.78 is 0. The topological polar surface area (TPSA) is 20.2 Å². The quantitative estimate of drug-likeness (QED) is 0.442. The Morgan fingerprint density at radius 2 is 1.45 bits per heavy atom. The van der Waals surface area contributed by atoms with E-state index in [0.29, 0.717) is 0 Å². The summed E-state index contributed by atoms with van der Waals surface area (Å²) >= 11 is 1.69. The van der Waals surface area contributed by atoms with Gasteiger partial charge in [-0.25, -0.2) is 0 Å². The molecule has 0 aliphatic heterocycles. The second-order valence-electron chi connectivity index (χ2n) is 6.00. The minimum absolute atomic E-state index is 0.240. The summed E-state index contributed by atoms with van der Waals surface area (Å²) in [5.41, 5.74) is 2.39. The van der Waals surface area contributed by atoms with Crippen LogP contribution in [0.3, 0.4) is 0 Å². The summed E-state index contributed by atoms with van der Waals surface area (Å²) in [6, 6.07) is 0. The molecule has 0 saturated carbocycles. The Bertz CT molecular complexity index is 332. The Labute approximate surface area is 129 Å². The van der Waals surface area contributed by atoms with Crippen molar-refractivity contribution in [2.75, 3.05) is 0 Å². The Morgan fingerprint density at radius 1 is 0.900 bits per heavy atom. The van der Waals surface area contributed by atoms with E-state index in [1.807, 2.05) is 0 Å². The van der Waals surface area contributed by atoms with Crippen LogP contribution in [0.25, 0.3) is 0 Å². The molecule has 0 saturated heterocycles. The fraction of sp³-hybridized carbons (Fsp3) is 0.778. The molecule has 1 aromatic heterocycles. The highest BCUT2D eigenvalue weighted by Gasteiger charge is 2.10. The van der Waals surface area contributed by atoms with Crippen molar-refractivity contribution >= 4 is 11.3 Å². The lowest BCUT2D eigenvalue weighted by Gasteiger charge is -2.10. The molecular formula is C18H32OS. The van der Waals surface area contributed by atoms with Crippen LogP contribution in [-0.2, 0) is 0 Å². The van der Waals surface area contributed by atoms with E-state index in [4.69, 9.17) is 0 Å². The molecule has 0 spiro atoms. The smallest absolute Gasteiger partial charge is 0.0800 e. The van der Waals surface area contributed by atoms with Crippen molar-refractivity contribution in [2.24, 2.45) is 0 Å². The number of thiophene rings is 1. The number of hydrogen-bond acceptors (Lipinski definition) is 2. The van der Waals surface area contributed by atoms with Gasteiger partial charge < -0.3 is 5.11 Å². The van der Waals surface area contributed by atoms with E-state index in [2.05, 4.69) is 24.6 Å². The number of hydrogen-bond donors (Lipinski definition) is 1. The standard InChI is InChI=1S/C18H32OS/c1-3-4-5-6-7-8-9-10-11-12-13-18(19)17-15-20-14-16(17)2/h14-15,18-19H,3-13H2,1-2H3. The molecule has 1 unspecified atom stereocenters. The van der Waals surface area contributed by atoms with Gasteiger partial charge in [0.05, 0.1) is 6.10 Å². The molecule has 1 rings (SSSR count). The molecule has 0 fully saturated rings. The maximum atomic E-state index is 10.1. The van der Waals surface area contributed by atoms with Crippen molar-refractivity contribution in [3.63, 3.8) is 0 Å². The summed E-state index contributed by atoms with van der Waals surface area (Å²) in [5.74, 6) is 0. The minimum Gasteiger partial charge on any atom is -0.388 e. The zero-order valence-electron chi connectivity index (χ0n) is 13.4. The van der Waals surface area contributed by atoms with E-state index < -0.39 is 0 Å². The summed E-state index contributed by atoms with van der Waals surface area (Å²) in [6.45, 7) is 4.36. The third kappa shape index (κ3) is 7.44. The summed E-state index contributed by atoms with van der Waals surface area (Å²) in [5, 5.41) is 14.3. The lowest BCUT2D eigenvalue weighted by atomic mass is 10.0. The van der Waals surface area contributed by atoms with Gasteiger partial charge in [0.15, 0.2) is 0 Å². The highest BCUT2D eigenvalue weighted by Crippen LogP contribution is 2.26.